The van der Waals surface area contributed by atoms with Crippen LogP contribution in [-0.2, 0) is 22.6 Å². The van der Waals surface area contributed by atoms with E-state index in [2.05, 4.69) is 10.1 Å². The van der Waals surface area contributed by atoms with Gasteiger partial charge in [-0.3, -0.25) is 4.79 Å². The Kier molecular flexibility index (Phi) is 4.84. The van der Waals surface area contributed by atoms with Gasteiger partial charge in [0.05, 0.1) is 12.5 Å². The van der Waals surface area contributed by atoms with Gasteiger partial charge in [-0.1, -0.05) is 5.16 Å². The molecule has 0 N–H and O–H groups in total. The van der Waals surface area contributed by atoms with Crippen LogP contribution >= 0.6 is 11.3 Å². The standard InChI is InChI=1S/C15H19N3O3S/c1-11-16-14(21-17-11)9-20-13-3-2-5-18(8-13)15(19)7-12-4-6-22-10-12/h4,6,10,13H,2-3,5,7-9H2,1H3. The Balaban J connectivity index is 1.49. The van der Waals surface area contributed by atoms with Crippen molar-refractivity contribution in [1.29, 1.82) is 0 Å². The highest BCUT2D eigenvalue weighted by Crippen LogP contribution is 2.17. The van der Waals surface area contributed by atoms with Crippen LogP contribution in [0.25, 0.3) is 0 Å². The summed E-state index contributed by atoms with van der Waals surface area (Å²) >= 11 is 1.62. The van der Waals surface area contributed by atoms with Gasteiger partial charge in [-0.25, -0.2) is 0 Å². The lowest BCUT2D eigenvalue weighted by Gasteiger charge is -2.32. The lowest BCUT2D eigenvalue weighted by atomic mass is 10.1. The zero-order chi connectivity index (χ0) is 15.4. The first-order chi connectivity index (χ1) is 10.7. The normalized spacial score (nSPS) is 18.6. The number of piperidine rings is 1. The van der Waals surface area contributed by atoms with Crippen molar-refractivity contribution in [3.05, 3.63) is 34.1 Å². The van der Waals surface area contributed by atoms with E-state index >= 15 is 0 Å². The Morgan fingerprint density at radius 3 is 3.23 bits per heavy atom. The van der Waals surface area contributed by atoms with E-state index in [9.17, 15) is 4.79 Å². The molecule has 2 aromatic rings. The number of hydrogen-bond acceptors (Lipinski definition) is 6. The number of aryl methyl sites for hydroxylation is 1. The lowest BCUT2D eigenvalue weighted by Crippen LogP contribution is -2.43. The van der Waals surface area contributed by atoms with Gasteiger partial charge in [-0.15, -0.1) is 0 Å². The molecule has 0 radical (unpaired) electrons. The fourth-order valence-corrected chi connectivity index (χ4v) is 3.24. The fourth-order valence-electron chi connectivity index (χ4n) is 2.57. The molecule has 1 unspecified atom stereocenters. The van der Waals surface area contributed by atoms with E-state index in [0.717, 1.165) is 24.9 Å². The molecule has 1 aliphatic heterocycles. The molecule has 2 aromatic heterocycles. The molecule has 7 heteroatoms. The first-order valence-corrected chi connectivity index (χ1v) is 8.34. The van der Waals surface area contributed by atoms with Gasteiger partial charge >= 0.3 is 0 Å². The minimum Gasteiger partial charge on any atom is -0.367 e. The highest BCUT2D eigenvalue weighted by atomic mass is 32.1. The Hall–Kier alpha value is -1.73. The van der Waals surface area contributed by atoms with Crippen LogP contribution in [0, 0.1) is 6.92 Å². The summed E-state index contributed by atoms with van der Waals surface area (Å²) in [6.07, 6.45) is 2.42. The zero-order valence-corrected chi connectivity index (χ0v) is 13.3. The predicted molar refractivity (Wildman–Crippen MR) is 81.4 cm³/mol. The van der Waals surface area contributed by atoms with Gasteiger partial charge < -0.3 is 14.2 Å². The van der Waals surface area contributed by atoms with Crippen LogP contribution in [0.3, 0.4) is 0 Å². The Morgan fingerprint density at radius 2 is 2.50 bits per heavy atom. The van der Waals surface area contributed by atoms with Crippen LogP contribution in [0.5, 0.6) is 0 Å². The van der Waals surface area contributed by atoms with Crippen LogP contribution in [0.4, 0.5) is 0 Å². The molecular formula is C15H19N3O3S. The maximum Gasteiger partial charge on any atom is 0.252 e. The Morgan fingerprint density at radius 1 is 1.59 bits per heavy atom. The number of ether oxygens (including phenoxy) is 1. The lowest BCUT2D eigenvalue weighted by molar-refractivity contribution is -0.135. The molecule has 0 bridgehead atoms. The van der Waals surface area contributed by atoms with Crippen molar-refractivity contribution in [1.82, 2.24) is 15.0 Å². The smallest absolute Gasteiger partial charge is 0.252 e. The van der Waals surface area contributed by atoms with E-state index in [-0.39, 0.29) is 12.0 Å². The largest absolute Gasteiger partial charge is 0.367 e. The molecule has 3 heterocycles. The van der Waals surface area contributed by atoms with Crippen molar-refractivity contribution < 1.29 is 14.1 Å². The molecular weight excluding hydrogens is 302 g/mol. The van der Waals surface area contributed by atoms with E-state index in [4.69, 9.17) is 9.26 Å². The number of thiophene rings is 1. The number of amides is 1. The van der Waals surface area contributed by atoms with Crippen LogP contribution in [-0.4, -0.2) is 40.1 Å². The number of aromatic nitrogens is 2. The molecule has 1 saturated heterocycles. The summed E-state index contributed by atoms with van der Waals surface area (Å²) in [4.78, 5) is 18.3. The van der Waals surface area contributed by atoms with E-state index in [0.29, 0.717) is 31.3 Å². The van der Waals surface area contributed by atoms with Crippen molar-refractivity contribution >= 4 is 17.2 Å². The van der Waals surface area contributed by atoms with Crippen LogP contribution in [0.1, 0.15) is 30.1 Å². The van der Waals surface area contributed by atoms with E-state index < -0.39 is 0 Å². The average molecular weight is 321 g/mol. The highest BCUT2D eigenvalue weighted by molar-refractivity contribution is 7.07. The summed E-state index contributed by atoms with van der Waals surface area (Å²) in [7, 11) is 0. The molecule has 0 aromatic carbocycles. The minimum absolute atomic E-state index is 0.0346. The number of nitrogens with zero attached hydrogens (tertiary/aromatic N) is 3. The summed E-state index contributed by atoms with van der Waals surface area (Å²) < 4.78 is 10.8. The third-order valence-electron chi connectivity index (χ3n) is 3.68. The quantitative estimate of drug-likeness (QED) is 0.844. The van der Waals surface area contributed by atoms with E-state index in [1.54, 1.807) is 18.3 Å². The number of likely N-dealkylation sites (tertiary alicyclic amines) is 1. The molecule has 1 atom stereocenters. The fraction of sp³-hybridized carbons (Fsp3) is 0.533. The number of rotatable bonds is 5. The third-order valence-corrected chi connectivity index (χ3v) is 4.41. The Bertz CT molecular complexity index is 611. The predicted octanol–water partition coefficient (Wildman–Crippen LogP) is 2.19. The summed E-state index contributed by atoms with van der Waals surface area (Å²) in [5.41, 5.74) is 1.08. The first-order valence-electron chi connectivity index (χ1n) is 7.40. The summed E-state index contributed by atoms with van der Waals surface area (Å²) in [5.74, 6) is 1.26. The Labute approximate surface area is 133 Å². The van der Waals surface area contributed by atoms with Gasteiger partial charge in [0.1, 0.15) is 6.61 Å². The van der Waals surface area contributed by atoms with Gasteiger partial charge in [-0.05, 0) is 42.2 Å². The van der Waals surface area contributed by atoms with Gasteiger partial charge in [0.2, 0.25) is 5.91 Å². The van der Waals surface area contributed by atoms with E-state index in [1.807, 2.05) is 21.7 Å². The molecule has 0 spiro atoms. The molecule has 3 rings (SSSR count). The monoisotopic (exact) mass is 321 g/mol. The second kappa shape index (κ2) is 7.02. The average Bonchev–Trinajstić information content (AvgIpc) is 3.17. The number of carbonyl (C=O) groups is 1. The number of hydrogen-bond donors (Lipinski definition) is 0. The summed E-state index contributed by atoms with van der Waals surface area (Å²) in [6.45, 7) is 3.52. The third kappa shape index (κ3) is 3.92. The zero-order valence-electron chi connectivity index (χ0n) is 12.5. The van der Waals surface area contributed by atoms with Gasteiger partial charge in [0, 0.05) is 13.1 Å². The van der Waals surface area contributed by atoms with Gasteiger partial charge in [-0.2, -0.15) is 16.3 Å². The summed E-state index contributed by atoms with van der Waals surface area (Å²) in [6, 6.07) is 2.00. The molecule has 0 aliphatic carbocycles. The van der Waals surface area contributed by atoms with Crippen molar-refractivity contribution in [2.45, 2.75) is 38.9 Å². The van der Waals surface area contributed by atoms with Gasteiger partial charge in [0.25, 0.3) is 5.89 Å². The van der Waals surface area contributed by atoms with E-state index in [1.165, 1.54) is 0 Å². The highest BCUT2D eigenvalue weighted by Gasteiger charge is 2.24. The van der Waals surface area contributed by atoms with Crippen molar-refractivity contribution in [2.75, 3.05) is 13.1 Å². The summed E-state index contributed by atoms with van der Waals surface area (Å²) in [5, 5.41) is 7.75. The van der Waals surface area contributed by atoms with Crippen molar-refractivity contribution in [2.24, 2.45) is 0 Å². The molecule has 6 nitrogen and oxygen atoms in total. The number of carbonyl (C=O) groups excluding carboxylic acids is 1. The van der Waals surface area contributed by atoms with Crippen molar-refractivity contribution in [3.8, 4) is 0 Å². The van der Waals surface area contributed by atoms with Crippen molar-refractivity contribution in [3.63, 3.8) is 0 Å². The molecule has 1 aliphatic rings. The molecule has 118 valence electrons. The SMILES string of the molecule is Cc1noc(COC2CCCN(C(=O)Cc3ccsc3)C2)n1. The van der Waals surface area contributed by atoms with Gasteiger partial charge in [0.15, 0.2) is 5.82 Å². The maximum atomic E-state index is 12.3. The molecule has 1 amide bonds. The second-order valence-corrected chi connectivity index (χ2v) is 6.24. The first kappa shape index (κ1) is 15.2. The van der Waals surface area contributed by atoms with Crippen LogP contribution < -0.4 is 0 Å². The maximum absolute atomic E-state index is 12.3. The second-order valence-electron chi connectivity index (χ2n) is 5.46. The van der Waals surface area contributed by atoms with Crippen LogP contribution in [0.2, 0.25) is 0 Å². The molecule has 1 fully saturated rings. The minimum atomic E-state index is 0.0346. The molecule has 22 heavy (non-hydrogen) atoms. The topological polar surface area (TPSA) is 68.5 Å². The van der Waals surface area contributed by atoms with Crippen LogP contribution in [0.15, 0.2) is 21.3 Å². The molecule has 0 saturated carbocycles.